The molecule has 19 heavy (non-hydrogen) atoms. The van der Waals surface area contributed by atoms with Crippen LogP contribution in [-0.2, 0) is 4.74 Å². The molecule has 0 saturated carbocycles. The molecule has 1 aliphatic heterocycles. The van der Waals surface area contributed by atoms with E-state index in [1.807, 2.05) is 12.2 Å². The third-order valence-electron chi connectivity index (χ3n) is 3.36. The number of nitrogens with one attached hydrogen (secondary N) is 1. The molecule has 0 bridgehead atoms. The second-order valence-electron chi connectivity index (χ2n) is 5.81. The van der Waals surface area contributed by atoms with Crippen molar-refractivity contribution in [3.05, 3.63) is 25.3 Å². The van der Waals surface area contributed by atoms with E-state index in [2.05, 4.69) is 37.2 Å². The van der Waals surface area contributed by atoms with E-state index in [1.165, 1.54) is 12.8 Å². The zero-order valence-corrected chi connectivity index (χ0v) is 12.6. The Hall–Kier alpha value is -0.640. The van der Waals surface area contributed by atoms with Gasteiger partial charge in [-0.25, -0.2) is 0 Å². The Balaban J connectivity index is 2.22. The summed E-state index contributed by atoms with van der Waals surface area (Å²) in [6.45, 7) is 16.9. The van der Waals surface area contributed by atoms with Crippen LogP contribution in [0.25, 0.3) is 0 Å². The van der Waals surface area contributed by atoms with Crippen molar-refractivity contribution in [1.29, 1.82) is 0 Å². The fourth-order valence-corrected chi connectivity index (χ4v) is 2.47. The maximum Gasteiger partial charge on any atom is 0.0707 e. The van der Waals surface area contributed by atoms with Gasteiger partial charge in [0.15, 0.2) is 0 Å². The van der Waals surface area contributed by atoms with Crippen molar-refractivity contribution in [3.63, 3.8) is 0 Å². The van der Waals surface area contributed by atoms with Crippen molar-refractivity contribution in [2.45, 2.75) is 38.9 Å². The van der Waals surface area contributed by atoms with Gasteiger partial charge in [0.1, 0.15) is 0 Å². The van der Waals surface area contributed by atoms with Crippen LogP contribution in [0.1, 0.15) is 26.7 Å². The van der Waals surface area contributed by atoms with Gasteiger partial charge in [-0.15, -0.1) is 13.2 Å². The highest BCUT2D eigenvalue weighted by Gasteiger charge is 2.26. The molecule has 0 spiro atoms. The van der Waals surface area contributed by atoms with E-state index in [4.69, 9.17) is 4.74 Å². The molecule has 110 valence electrons. The molecule has 0 amide bonds. The first kappa shape index (κ1) is 16.4. The smallest absolute Gasteiger partial charge is 0.0707 e. The molecule has 0 aromatic heterocycles. The minimum Gasteiger partial charge on any atom is -0.372 e. The molecule has 0 aliphatic carbocycles. The summed E-state index contributed by atoms with van der Waals surface area (Å²) < 4.78 is 6.09. The van der Waals surface area contributed by atoms with Gasteiger partial charge in [-0.1, -0.05) is 26.0 Å². The standard InChI is InChI=1S/C16H30N2O/c1-5-9-18(10-6-2)13-16-8-7-15(19-16)12-17-11-14(3)4/h5-6,14-17H,1-2,7-13H2,3-4H3. The summed E-state index contributed by atoms with van der Waals surface area (Å²) in [5.41, 5.74) is 0. The normalized spacial score (nSPS) is 23.2. The lowest BCUT2D eigenvalue weighted by Gasteiger charge is -2.23. The van der Waals surface area contributed by atoms with Crippen molar-refractivity contribution in [2.24, 2.45) is 5.92 Å². The van der Waals surface area contributed by atoms with Crippen molar-refractivity contribution in [3.8, 4) is 0 Å². The van der Waals surface area contributed by atoms with E-state index in [-0.39, 0.29) is 0 Å². The van der Waals surface area contributed by atoms with Crippen LogP contribution in [0.5, 0.6) is 0 Å². The lowest BCUT2D eigenvalue weighted by atomic mass is 10.1. The van der Waals surface area contributed by atoms with Crippen molar-refractivity contribution in [2.75, 3.05) is 32.7 Å². The van der Waals surface area contributed by atoms with Crippen molar-refractivity contribution in [1.82, 2.24) is 10.2 Å². The molecule has 2 unspecified atom stereocenters. The summed E-state index contributed by atoms with van der Waals surface area (Å²) in [6, 6.07) is 0. The van der Waals surface area contributed by atoms with Gasteiger partial charge >= 0.3 is 0 Å². The lowest BCUT2D eigenvalue weighted by Crippen LogP contribution is -2.34. The predicted octanol–water partition coefficient (Wildman–Crippen LogP) is 2.45. The summed E-state index contributed by atoms with van der Waals surface area (Å²) in [7, 11) is 0. The Kier molecular flexibility index (Phi) is 8.03. The Morgan fingerprint density at radius 3 is 2.42 bits per heavy atom. The first-order valence-corrected chi connectivity index (χ1v) is 7.46. The molecule has 0 aromatic rings. The first-order chi connectivity index (χ1) is 9.15. The van der Waals surface area contributed by atoms with Gasteiger partial charge < -0.3 is 10.1 Å². The predicted molar refractivity (Wildman–Crippen MR) is 82.4 cm³/mol. The molecule has 1 heterocycles. The minimum absolute atomic E-state index is 0.366. The highest BCUT2D eigenvalue weighted by molar-refractivity contribution is 4.84. The van der Waals surface area contributed by atoms with Gasteiger partial charge in [0.2, 0.25) is 0 Å². The van der Waals surface area contributed by atoms with Gasteiger partial charge in [-0.3, -0.25) is 4.90 Å². The number of hydrogen-bond acceptors (Lipinski definition) is 3. The second kappa shape index (κ2) is 9.29. The van der Waals surface area contributed by atoms with E-state index < -0.39 is 0 Å². The Morgan fingerprint density at radius 2 is 1.84 bits per heavy atom. The Bertz CT molecular complexity index is 255. The molecule has 2 atom stereocenters. The quantitative estimate of drug-likeness (QED) is 0.615. The Morgan fingerprint density at radius 1 is 1.21 bits per heavy atom. The number of hydrogen-bond donors (Lipinski definition) is 1. The minimum atomic E-state index is 0.366. The van der Waals surface area contributed by atoms with E-state index >= 15 is 0 Å². The van der Waals surface area contributed by atoms with Crippen LogP contribution in [0.4, 0.5) is 0 Å². The summed E-state index contributed by atoms with van der Waals surface area (Å²) in [4.78, 5) is 2.33. The molecule has 0 radical (unpaired) electrons. The van der Waals surface area contributed by atoms with Crippen LogP contribution < -0.4 is 5.32 Å². The molecule has 1 aliphatic rings. The van der Waals surface area contributed by atoms with Gasteiger partial charge in [0, 0.05) is 26.2 Å². The van der Waals surface area contributed by atoms with Gasteiger partial charge in [-0.05, 0) is 25.3 Å². The monoisotopic (exact) mass is 266 g/mol. The van der Waals surface area contributed by atoms with Crippen LogP contribution in [0.2, 0.25) is 0 Å². The fourth-order valence-electron chi connectivity index (χ4n) is 2.47. The maximum atomic E-state index is 6.09. The molecule has 1 fully saturated rings. The summed E-state index contributed by atoms with van der Waals surface area (Å²) in [5, 5.41) is 3.48. The zero-order chi connectivity index (χ0) is 14.1. The molecular formula is C16H30N2O. The maximum absolute atomic E-state index is 6.09. The van der Waals surface area contributed by atoms with E-state index in [0.29, 0.717) is 18.1 Å². The largest absolute Gasteiger partial charge is 0.372 e. The number of nitrogens with zero attached hydrogens (tertiary/aromatic N) is 1. The Labute approximate surface area is 118 Å². The molecule has 1 rings (SSSR count). The number of ether oxygens (including phenoxy) is 1. The average molecular weight is 266 g/mol. The van der Waals surface area contributed by atoms with Gasteiger partial charge in [0.25, 0.3) is 0 Å². The summed E-state index contributed by atoms with van der Waals surface area (Å²) >= 11 is 0. The van der Waals surface area contributed by atoms with Crippen LogP contribution in [-0.4, -0.2) is 49.8 Å². The van der Waals surface area contributed by atoms with Crippen molar-refractivity contribution < 1.29 is 4.74 Å². The fraction of sp³-hybridized carbons (Fsp3) is 0.750. The van der Waals surface area contributed by atoms with Gasteiger partial charge in [0.05, 0.1) is 12.2 Å². The molecule has 1 saturated heterocycles. The molecular weight excluding hydrogens is 236 g/mol. The zero-order valence-electron chi connectivity index (χ0n) is 12.6. The third kappa shape index (κ3) is 6.90. The summed E-state index contributed by atoms with van der Waals surface area (Å²) in [6.07, 6.45) is 6.98. The molecule has 1 N–H and O–H groups in total. The first-order valence-electron chi connectivity index (χ1n) is 7.46. The molecule has 3 heteroatoms. The van der Waals surface area contributed by atoms with Crippen LogP contribution in [0, 0.1) is 5.92 Å². The second-order valence-corrected chi connectivity index (χ2v) is 5.81. The number of rotatable bonds is 10. The summed E-state index contributed by atoms with van der Waals surface area (Å²) in [5.74, 6) is 0.702. The highest BCUT2D eigenvalue weighted by Crippen LogP contribution is 2.20. The van der Waals surface area contributed by atoms with Crippen LogP contribution >= 0.6 is 0 Å². The van der Waals surface area contributed by atoms with Crippen molar-refractivity contribution >= 4 is 0 Å². The third-order valence-corrected chi connectivity index (χ3v) is 3.36. The average Bonchev–Trinajstić information content (AvgIpc) is 2.77. The van der Waals surface area contributed by atoms with E-state index in [1.54, 1.807) is 0 Å². The SMILES string of the molecule is C=CCN(CC=C)CC1CCC(CNCC(C)C)O1. The lowest BCUT2D eigenvalue weighted by molar-refractivity contribution is 0.0271. The molecule has 0 aromatic carbocycles. The van der Waals surface area contributed by atoms with E-state index in [9.17, 15) is 0 Å². The van der Waals surface area contributed by atoms with Crippen LogP contribution in [0.15, 0.2) is 25.3 Å². The molecule has 3 nitrogen and oxygen atoms in total. The van der Waals surface area contributed by atoms with Gasteiger partial charge in [-0.2, -0.15) is 0 Å². The van der Waals surface area contributed by atoms with Crippen LogP contribution in [0.3, 0.4) is 0 Å². The van der Waals surface area contributed by atoms with E-state index in [0.717, 1.165) is 32.7 Å². The topological polar surface area (TPSA) is 24.5 Å². The highest BCUT2D eigenvalue weighted by atomic mass is 16.5.